The number of benzene rings is 3. The Hall–Kier alpha value is -4.78. The fourth-order valence-electron chi connectivity index (χ4n) is 3.63. The molecule has 2 heterocycles. The van der Waals surface area contributed by atoms with Gasteiger partial charge in [-0.3, -0.25) is 4.79 Å². The van der Waals surface area contributed by atoms with Gasteiger partial charge in [0.25, 0.3) is 5.91 Å². The molecule has 0 aliphatic heterocycles. The predicted octanol–water partition coefficient (Wildman–Crippen LogP) is 5.55. The summed E-state index contributed by atoms with van der Waals surface area (Å²) in [4.78, 5) is 34.1. The van der Waals surface area contributed by atoms with Crippen molar-refractivity contribution in [2.75, 3.05) is 10.6 Å². The molecule has 0 unspecified atom stereocenters. The average molecular weight is 448 g/mol. The summed E-state index contributed by atoms with van der Waals surface area (Å²) in [5, 5.41) is 6.70. The summed E-state index contributed by atoms with van der Waals surface area (Å²) < 4.78 is 5.27. The maximum absolute atomic E-state index is 12.8. The number of rotatable bonds is 5. The third kappa shape index (κ3) is 4.54. The van der Waals surface area contributed by atoms with Gasteiger partial charge in [0.2, 0.25) is 0 Å². The zero-order valence-corrected chi connectivity index (χ0v) is 18.3. The molecule has 5 aromatic rings. The molecule has 166 valence electrons. The summed E-state index contributed by atoms with van der Waals surface area (Å²) in [5.41, 5.74) is 2.74. The summed E-state index contributed by atoms with van der Waals surface area (Å²) >= 11 is 0. The fraction of sp³-hybridized carbons (Fsp3) is 0.0370. The van der Waals surface area contributed by atoms with Gasteiger partial charge in [-0.15, -0.1) is 0 Å². The topological polar surface area (TPSA) is 97.1 Å². The normalized spacial score (nSPS) is 10.7. The van der Waals surface area contributed by atoms with Crippen molar-refractivity contribution in [2.45, 2.75) is 6.92 Å². The molecule has 0 aliphatic carbocycles. The number of aromatic nitrogens is 2. The first-order valence-corrected chi connectivity index (χ1v) is 10.7. The number of carbonyl (C=O) groups excluding carboxylic acids is 1. The lowest BCUT2D eigenvalue weighted by atomic mass is 10.1. The van der Waals surface area contributed by atoms with Gasteiger partial charge in [-0.1, -0.05) is 54.6 Å². The van der Waals surface area contributed by atoms with Crippen LogP contribution in [0, 0.1) is 6.92 Å². The molecule has 0 fully saturated rings. The Bertz CT molecular complexity index is 1560. The van der Waals surface area contributed by atoms with Crippen molar-refractivity contribution in [1.29, 1.82) is 0 Å². The van der Waals surface area contributed by atoms with Crippen molar-refractivity contribution >= 4 is 34.1 Å². The Morgan fingerprint density at radius 3 is 2.44 bits per heavy atom. The highest BCUT2D eigenvalue weighted by Gasteiger charge is 2.14. The number of carbonyl (C=O) groups is 1. The molecular weight excluding hydrogens is 428 g/mol. The third-order valence-electron chi connectivity index (χ3n) is 5.19. The van der Waals surface area contributed by atoms with E-state index in [1.807, 2.05) is 55.5 Å². The van der Waals surface area contributed by atoms with E-state index in [0.29, 0.717) is 28.3 Å². The van der Waals surface area contributed by atoms with Gasteiger partial charge in [-0.05, 0) is 37.3 Å². The van der Waals surface area contributed by atoms with E-state index in [-0.39, 0.29) is 5.56 Å². The lowest BCUT2D eigenvalue weighted by molar-refractivity contribution is 0.102. The van der Waals surface area contributed by atoms with Crippen LogP contribution >= 0.6 is 0 Å². The second-order valence-electron chi connectivity index (χ2n) is 7.70. The van der Waals surface area contributed by atoms with Gasteiger partial charge in [-0.25, -0.2) is 14.8 Å². The molecular formula is C27H20N4O3. The number of fused-ring (bicyclic) bond motifs is 1. The van der Waals surface area contributed by atoms with Crippen molar-refractivity contribution in [3.05, 3.63) is 113 Å². The molecule has 0 saturated heterocycles. The minimum atomic E-state index is -0.685. The lowest BCUT2D eigenvalue weighted by Gasteiger charge is -2.11. The Morgan fingerprint density at radius 1 is 0.824 bits per heavy atom. The molecule has 1 amide bonds. The zero-order chi connectivity index (χ0) is 23.5. The molecule has 2 N–H and O–H groups in total. The van der Waals surface area contributed by atoms with E-state index >= 15 is 0 Å². The summed E-state index contributed by atoms with van der Waals surface area (Å²) in [5.74, 6) is 0.724. The molecule has 0 bridgehead atoms. The van der Waals surface area contributed by atoms with Crippen LogP contribution in [0.1, 0.15) is 16.2 Å². The molecule has 0 radical (unpaired) electrons. The van der Waals surface area contributed by atoms with Crippen LogP contribution in [0.25, 0.3) is 22.2 Å². The summed E-state index contributed by atoms with van der Waals surface area (Å²) in [7, 11) is 0. The average Bonchev–Trinajstić information content (AvgIpc) is 2.84. The highest BCUT2D eigenvalue weighted by Crippen LogP contribution is 2.24. The lowest BCUT2D eigenvalue weighted by Crippen LogP contribution is -2.20. The van der Waals surface area contributed by atoms with Crippen LogP contribution in [0.2, 0.25) is 0 Å². The van der Waals surface area contributed by atoms with Gasteiger partial charge >= 0.3 is 5.63 Å². The van der Waals surface area contributed by atoms with Gasteiger partial charge in [0.15, 0.2) is 0 Å². The number of anilines is 3. The highest BCUT2D eigenvalue weighted by molar-refractivity contribution is 6.05. The van der Waals surface area contributed by atoms with Crippen LogP contribution in [0.15, 0.2) is 100 Å². The molecule has 0 atom stereocenters. The van der Waals surface area contributed by atoms with E-state index in [0.717, 1.165) is 16.9 Å². The van der Waals surface area contributed by atoms with Crippen LogP contribution in [-0.2, 0) is 0 Å². The second kappa shape index (κ2) is 8.99. The molecule has 7 nitrogen and oxygen atoms in total. The van der Waals surface area contributed by atoms with Crippen LogP contribution in [0.4, 0.5) is 17.2 Å². The first-order valence-electron chi connectivity index (χ1n) is 10.7. The maximum atomic E-state index is 12.8. The SMILES string of the molecule is Cc1nc(Nc2cccc(NC(=O)c3cc4ccccc4oc3=O)c2)cc(-c2ccccc2)n1. The molecule has 7 heteroatoms. The van der Waals surface area contributed by atoms with Crippen molar-refractivity contribution in [2.24, 2.45) is 0 Å². The maximum Gasteiger partial charge on any atom is 0.349 e. The molecule has 3 aromatic carbocycles. The van der Waals surface area contributed by atoms with Crippen molar-refractivity contribution in [3.8, 4) is 11.3 Å². The quantitative estimate of drug-likeness (QED) is 0.342. The monoisotopic (exact) mass is 448 g/mol. The molecule has 5 rings (SSSR count). The molecule has 0 saturated carbocycles. The Labute approximate surface area is 195 Å². The number of nitrogens with one attached hydrogen (secondary N) is 2. The number of hydrogen-bond donors (Lipinski definition) is 2. The molecule has 2 aromatic heterocycles. The summed E-state index contributed by atoms with van der Waals surface area (Å²) in [6.07, 6.45) is 0. The van der Waals surface area contributed by atoms with Crippen molar-refractivity contribution in [3.63, 3.8) is 0 Å². The van der Waals surface area contributed by atoms with E-state index in [2.05, 4.69) is 20.6 Å². The van der Waals surface area contributed by atoms with Crippen molar-refractivity contribution in [1.82, 2.24) is 9.97 Å². The van der Waals surface area contributed by atoms with Gasteiger partial charge in [-0.2, -0.15) is 0 Å². The first kappa shape index (κ1) is 21.1. The first-order chi connectivity index (χ1) is 16.5. The second-order valence-corrected chi connectivity index (χ2v) is 7.70. The van der Waals surface area contributed by atoms with E-state index in [1.165, 1.54) is 6.07 Å². The number of amides is 1. The van der Waals surface area contributed by atoms with E-state index in [1.54, 1.807) is 36.4 Å². The minimum absolute atomic E-state index is 0.0593. The van der Waals surface area contributed by atoms with E-state index in [9.17, 15) is 9.59 Å². The predicted molar refractivity (Wildman–Crippen MR) is 132 cm³/mol. The fourth-order valence-corrected chi connectivity index (χ4v) is 3.63. The van der Waals surface area contributed by atoms with Gasteiger partial charge in [0.1, 0.15) is 22.8 Å². The standard InChI is InChI=1S/C27H20N4O3/c1-17-28-23(18-8-3-2-4-9-18)16-25(29-17)30-20-11-7-12-21(15-20)31-26(32)22-14-19-10-5-6-13-24(19)34-27(22)33/h2-16H,1H3,(H,31,32)(H,28,29,30). The van der Waals surface area contributed by atoms with Crippen molar-refractivity contribution < 1.29 is 9.21 Å². The molecule has 0 aliphatic rings. The Kier molecular flexibility index (Phi) is 5.58. The number of para-hydroxylation sites is 1. The molecule has 0 spiro atoms. The smallest absolute Gasteiger partial charge is 0.349 e. The van der Waals surface area contributed by atoms with Gasteiger partial charge in [0.05, 0.1) is 5.69 Å². The largest absolute Gasteiger partial charge is 0.422 e. The Balaban J connectivity index is 1.38. The summed E-state index contributed by atoms with van der Waals surface area (Å²) in [6.45, 7) is 1.84. The van der Waals surface area contributed by atoms with Crippen LogP contribution in [0.3, 0.4) is 0 Å². The van der Waals surface area contributed by atoms with Crippen LogP contribution in [-0.4, -0.2) is 15.9 Å². The zero-order valence-electron chi connectivity index (χ0n) is 18.3. The Morgan fingerprint density at radius 2 is 1.59 bits per heavy atom. The molecule has 34 heavy (non-hydrogen) atoms. The van der Waals surface area contributed by atoms with Gasteiger partial charge < -0.3 is 15.1 Å². The minimum Gasteiger partial charge on any atom is -0.422 e. The van der Waals surface area contributed by atoms with Gasteiger partial charge in [0, 0.05) is 28.4 Å². The highest BCUT2D eigenvalue weighted by atomic mass is 16.4. The van der Waals surface area contributed by atoms with Crippen LogP contribution in [0.5, 0.6) is 0 Å². The van der Waals surface area contributed by atoms with E-state index < -0.39 is 11.5 Å². The number of aryl methyl sites for hydroxylation is 1. The number of hydrogen-bond acceptors (Lipinski definition) is 6. The third-order valence-corrected chi connectivity index (χ3v) is 5.19. The number of nitrogens with zero attached hydrogens (tertiary/aromatic N) is 2. The van der Waals surface area contributed by atoms with Crippen LogP contribution < -0.4 is 16.3 Å². The summed E-state index contributed by atoms with van der Waals surface area (Å²) in [6, 6.07) is 27.5. The van der Waals surface area contributed by atoms with E-state index in [4.69, 9.17) is 4.42 Å².